The first-order chi connectivity index (χ1) is 13.3. The molecule has 1 N–H and O–H groups in total. The van der Waals surface area contributed by atoms with Crippen molar-refractivity contribution >= 4 is 17.3 Å². The van der Waals surface area contributed by atoms with Gasteiger partial charge in [-0.25, -0.2) is 9.97 Å². The molecule has 27 heavy (non-hydrogen) atoms. The lowest BCUT2D eigenvalue weighted by Crippen LogP contribution is -2.25. The maximum atomic E-state index is 5.28. The van der Waals surface area contributed by atoms with Crippen LogP contribution in [0.5, 0.6) is 5.75 Å². The van der Waals surface area contributed by atoms with Crippen molar-refractivity contribution in [2.24, 2.45) is 0 Å². The molecule has 0 spiro atoms. The first-order valence-corrected chi connectivity index (χ1v) is 9.38. The predicted octanol–water partition coefficient (Wildman–Crippen LogP) is 4.22. The molecule has 1 aliphatic rings. The molecule has 0 unspecified atom stereocenters. The third kappa shape index (κ3) is 4.03. The first-order valence-electron chi connectivity index (χ1n) is 9.38. The number of aryl methyl sites for hydroxylation is 1. The van der Waals surface area contributed by atoms with Crippen LogP contribution < -0.4 is 15.0 Å². The van der Waals surface area contributed by atoms with E-state index in [1.165, 1.54) is 16.8 Å². The molecular weight excluding hydrogens is 336 g/mol. The van der Waals surface area contributed by atoms with Crippen molar-refractivity contribution in [3.8, 4) is 5.75 Å². The standard InChI is InChI=1S/C22H24N4O/c1-27-19-9-4-6-17(14-19)11-12-23-21-15-22(25-16-24-21)26-13-5-8-18-7-2-3-10-20(18)26/h2-4,6-7,9-10,14-16H,5,8,11-13H2,1H3,(H,23,24,25). The summed E-state index contributed by atoms with van der Waals surface area (Å²) < 4.78 is 5.28. The van der Waals surface area contributed by atoms with Crippen molar-refractivity contribution in [3.63, 3.8) is 0 Å². The summed E-state index contributed by atoms with van der Waals surface area (Å²) in [5.41, 5.74) is 3.88. The highest BCUT2D eigenvalue weighted by atomic mass is 16.5. The second kappa shape index (κ2) is 8.08. The molecule has 4 rings (SSSR count). The summed E-state index contributed by atoms with van der Waals surface area (Å²) in [5, 5.41) is 3.42. The Hall–Kier alpha value is -3.08. The average Bonchev–Trinajstić information content (AvgIpc) is 2.74. The number of hydrogen-bond acceptors (Lipinski definition) is 5. The normalized spacial score (nSPS) is 13.1. The Morgan fingerprint density at radius 2 is 2.00 bits per heavy atom. The lowest BCUT2D eigenvalue weighted by Gasteiger charge is -2.30. The van der Waals surface area contributed by atoms with Gasteiger partial charge in [0.05, 0.1) is 7.11 Å². The Labute approximate surface area is 160 Å². The molecule has 2 heterocycles. The van der Waals surface area contributed by atoms with Gasteiger partial charge in [-0.15, -0.1) is 0 Å². The van der Waals surface area contributed by atoms with E-state index >= 15 is 0 Å². The minimum absolute atomic E-state index is 0.806. The highest BCUT2D eigenvalue weighted by molar-refractivity contribution is 5.66. The molecule has 1 aliphatic heterocycles. The third-order valence-electron chi connectivity index (χ3n) is 4.89. The van der Waals surface area contributed by atoms with E-state index < -0.39 is 0 Å². The lowest BCUT2D eigenvalue weighted by atomic mass is 10.0. The molecule has 0 bridgehead atoms. The minimum atomic E-state index is 0.806. The zero-order valence-corrected chi connectivity index (χ0v) is 15.6. The van der Waals surface area contributed by atoms with Crippen LogP contribution in [0.3, 0.4) is 0 Å². The topological polar surface area (TPSA) is 50.3 Å². The zero-order chi connectivity index (χ0) is 18.5. The number of benzene rings is 2. The molecule has 0 saturated heterocycles. The molecule has 0 aliphatic carbocycles. The molecular formula is C22H24N4O. The Morgan fingerprint density at radius 1 is 1.07 bits per heavy atom. The summed E-state index contributed by atoms with van der Waals surface area (Å²) in [5.74, 6) is 2.69. The molecule has 5 heteroatoms. The van der Waals surface area contributed by atoms with Gasteiger partial charge in [-0.05, 0) is 48.6 Å². The monoisotopic (exact) mass is 360 g/mol. The molecule has 0 fully saturated rings. The summed E-state index contributed by atoms with van der Waals surface area (Å²) in [6.07, 6.45) is 4.81. The summed E-state index contributed by atoms with van der Waals surface area (Å²) in [6, 6.07) is 18.8. The third-order valence-corrected chi connectivity index (χ3v) is 4.89. The second-order valence-electron chi connectivity index (χ2n) is 6.67. The van der Waals surface area contributed by atoms with E-state index in [0.29, 0.717) is 0 Å². The van der Waals surface area contributed by atoms with Gasteiger partial charge in [0.25, 0.3) is 0 Å². The van der Waals surface area contributed by atoms with Crippen LogP contribution in [0.15, 0.2) is 60.9 Å². The number of para-hydroxylation sites is 1. The van der Waals surface area contributed by atoms with Crippen LogP contribution in [-0.2, 0) is 12.8 Å². The lowest BCUT2D eigenvalue weighted by molar-refractivity contribution is 0.414. The number of anilines is 3. The predicted molar refractivity (Wildman–Crippen MR) is 109 cm³/mol. The van der Waals surface area contributed by atoms with Crippen LogP contribution in [0.25, 0.3) is 0 Å². The van der Waals surface area contributed by atoms with Crippen LogP contribution in [0.1, 0.15) is 17.5 Å². The fourth-order valence-electron chi connectivity index (χ4n) is 3.53. The summed E-state index contributed by atoms with van der Waals surface area (Å²) >= 11 is 0. The smallest absolute Gasteiger partial charge is 0.138 e. The van der Waals surface area contributed by atoms with Crippen LogP contribution in [0.2, 0.25) is 0 Å². The van der Waals surface area contributed by atoms with Gasteiger partial charge in [-0.2, -0.15) is 0 Å². The Bertz CT molecular complexity index is 912. The summed E-state index contributed by atoms with van der Waals surface area (Å²) in [4.78, 5) is 11.2. The number of rotatable bonds is 6. The van der Waals surface area contributed by atoms with Gasteiger partial charge in [-0.3, -0.25) is 0 Å². The zero-order valence-electron chi connectivity index (χ0n) is 15.6. The molecule has 0 amide bonds. The molecule has 0 radical (unpaired) electrons. The summed E-state index contributed by atoms with van der Waals surface area (Å²) in [6.45, 7) is 1.79. The number of nitrogens with one attached hydrogen (secondary N) is 1. The van der Waals surface area contributed by atoms with Gasteiger partial charge in [0.1, 0.15) is 23.7 Å². The number of nitrogens with zero attached hydrogens (tertiary/aromatic N) is 3. The van der Waals surface area contributed by atoms with Crippen molar-refractivity contribution < 1.29 is 4.74 Å². The number of fused-ring (bicyclic) bond motifs is 1. The van der Waals surface area contributed by atoms with Crippen molar-refractivity contribution in [2.45, 2.75) is 19.3 Å². The van der Waals surface area contributed by atoms with Crippen LogP contribution in [0, 0.1) is 0 Å². The number of aromatic nitrogens is 2. The van der Waals surface area contributed by atoms with E-state index in [9.17, 15) is 0 Å². The van der Waals surface area contributed by atoms with Crippen LogP contribution in [-0.4, -0.2) is 30.2 Å². The second-order valence-corrected chi connectivity index (χ2v) is 6.67. The molecule has 138 valence electrons. The Balaban J connectivity index is 1.44. The van der Waals surface area contributed by atoms with Gasteiger partial charge in [-0.1, -0.05) is 30.3 Å². The van der Waals surface area contributed by atoms with Crippen molar-refractivity contribution in [2.75, 3.05) is 30.4 Å². The number of ether oxygens (including phenoxy) is 1. The van der Waals surface area contributed by atoms with Crippen molar-refractivity contribution in [1.82, 2.24) is 9.97 Å². The molecule has 3 aromatic rings. The highest BCUT2D eigenvalue weighted by Gasteiger charge is 2.18. The van der Waals surface area contributed by atoms with Crippen molar-refractivity contribution in [3.05, 3.63) is 72.1 Å². The van der Waals surface area contributed by atoms with Crippen LogP contribution >= 0.6 is 0 Å². The average molecular weight is 360 g/mol. The number of hydrogen-bond donors (Lipinski definition) is 1. The Kier molecular flexibility index (Phi) is 5.19. The van der Waals surface area contributed by atoms with E-state index in [0.717, 1.165) is 49.7 Å². The quantitative estimate of drug-likeness (QED) is 0.713. The van der Waals surface area contributed by atoms with E-state index in [4.69, 9.17) is 4.74 Å². The van der Waals surface area contributed by atoms with Crippen LogP contribution in [0.4, 0.5) is 17.3 Å². The van der Waals surface area contributed by atoms with Gasteiger partial charge < -0.3 is 15.0 Å². The van der Waals surface area contributed by atoms with Gasteiger partial charge in [0.2, 0.25) is 0 Å². The Morgan fingerprint density at radius 3 is 2.93 bits per heavy atom. The van der Waals surface area contributed by atoms with Gasteiger partial charge in [0, 0.05) is 24.8 Å². The largest absolute Gasteiger partial charge is 0.497 e. The highest BCUT2D eigenvalue weighted by Crippen LogP contribution is 2.32. The molecule has 5 nitrogen and oxygen atoms in total. The maximum Gasteiger partial charge on any atom is 0.138 e. The number of methoxy groups -OCH3 is 1. The van der Waals surface area contributed by atoms with E-state index in [1.54, 1.807) is 13.4 Å². The van der Waals surface area contributed by atoms with E-state index in [1.807, 2.05) is 18.2 Å². The SMILES string of the molecule is COc1cccc(CCNc2cc(N3CCCc4ccccc43)ncn2)c1. The first kappa shape index (κ1) is 17.3. The molecule has 2 aromatic carbocycles. The maximum absolute atomic E-state index is 5.28. The molecule has 0 saturated carbocycles. The molecule has 1 aromatic heterocycles. The van der Waals surface area contributed by atoms with E-state index in [2.05, 4.69) is 56.6 Å². The molecule has 0 atom stereocenters. The minimum Gasteiger partial charge on any atom is -0.497 e. The summed E-state index contributed by atoms with van der Waals surface area (Å²) in [7, 11) is 1.69. The van der Waals surface area contributed by atoms with Gasteiger partial charge in [0.15, 0.2) is 0 Å². The fourth-order valence-corrected chi connectivity index (χ4v) is 3.53. The fraction of sp³-hybridized carbons (Fsp3) is 0.273. The van der Waals surface area contributed by atoms with Crippen molar-refractivity contribution in [1.29, 1.82) is 0 Å². The van der Waals surface area contributed by atoms with Gasteiger partial charge >= 0.3 is 0 Å². The van der Waals surface area contributed by atoms with E-state index in [-0.39, 0.29) is 0 Å².